The third kappa shape index (κ3) is 12.2. The Morgan fingerprint density at radius 3 is 1.46 bits per heavy atom. The van der Waals surface area contributed by atoms with E-state index in [4.69, 9.17) is 59.6 Å². The van der Waals surface area contributed by atoms with Crippen molar-refractivity contribution in [2.24, 2.45) is 0 Å². The highest BCUT2D eigenvalue weighted by Crippen LogP contribution is 2.35. The first-order valence-corrected chi connectivity index (χ1v) is 16.3. The van der Waals surface area contributed by atoms with Crippen molar-refractivity contribution in [3.05, 3.63) is 35.9 Å². The molecule has 0 bridgehead atoms. The summed E-state index contributed by atoms with van der Waals surface area (Å²) < 4.78 is 56.7. The van der Waals surface area contributed by atoms with Gasteiger partial charge >= 0.3 is 41.8 Å². The molecule has 0 aliphatic carbocycles. The molecule has 0 unspecified atom stereocenters. The average Bonchev–Trinajstić information content (AvgIpc) is 3.03. The van der Waals surface area contributed by atoms with E-state index in [-0.39, 0.29) is 4.99 Å². The van der Waals surface area contributed by atoms with Crippen molar-refractivity contribution in [2.45, 2.75) is 110 Å². The van der Waals surface area contributed by atoms with E-state index in [0.29, 0.717) is 5.56 Å². The number of benzene rings is 1. The third-order valence-electron chi connectivity index (χ3n) is 7.24. The molecule has 0 amide bonds. The zero-order chi connectivity index (χ0) is 38.7. The predicted octanol–water partition coefficient (Wildman–Crippen LogP) is 0.571. The van der Waals surface area contributed by atoms with Crippen LogP contribution in [0.4, 0.5) is 0 Å². The number of hydrogen-bond donors (Lipinski definition) is 1. The summed E-state index contributed by atoms with van der Waals surface area (Å²) in [6, 6.07) is 8.64. The number of hydrogen-bond acceptors (Lipinski definition) is 18. The van der Waals surface area contributed by atoms with E-state index in [2.05, 4.69) is 5.32 Å². The number of thiocarbonyl (C=S) groups is 1. The number of esters is 7. The Labute approximate surface area is 303 Å². The highest BCUT2D eigenvalue weighted by molar-refractivity contribution is 7.80. The second kappa shape index (κ2) is 19.2. The molecule has 52 heavy (non-hydrogen) atoms. The fraction of sp³-hybridized carbons (Fsp3) is 0.576. The second-order valence-electron chi connectivity index (χ2n) is 11.6. The molecule has 286 valence electrons. The zero-order valence-electron chi connectivity index (χ0n) is 29.4. The topological polar surface area (TPSA) is 224 Å². The molecule has 2 saturated heterocycles. The Balaban J connectivity index is 2.16. The van der Waals surface area contributed by atoms with Gasteiger partial charge in [-0.2, -0.15) is 0 Å². The summed E-state index contributed by atoms with van der Waals surface area (Å²) in [7, 11) is 0. The SMILES string of the molecule is CC(=O)OC[C@H]1O[C@@H](NC(=S)c2ccccc2)[C@H](OC(C)=O)[C@@H](OC(C)=O)[C@@H]1O[C@H]1O[C@H](COC(C)=O)[C@@H](OC(C)=O)[C@H](OC(C)=O)[C@H]1OC(C)=O. The molecule has 1 aromatic rings. The molecule has 0 radical (unpaired) electrons. The van der Waals surface area contributed by atoms with Crippen LogP contribution < -0.4 is 5.32 Å². The van der Waals surface area contributed by atoms with Gasteiger partial charge in [0, 0.05) is 54.0 Å². The monoisotopic (exact) mass is 755 g/mol. The van der Waals surface area contributed by atoms with Gasteiger partial charge in [-0.1, -0.05) is 42.5 Å². The van der Waals surface area contributed by atoms with Crippen LogP contribution in [0.2, 0.25) is 0 Å². The van der Waals surface area contributed by atoms with Crippen molar-refractivity contribution in [3.8, 4) is 0 Å². The van der Waals surface area contributed by atoms with Gasteiger partial charge in [-0.25, -0.2) is 0 Å². The van der Waals surface area contributed by atoms with Crippen LogP contribution in [0.25, 0.3) is 0 Å². The summed E-state index contributed by atoms with van der Waals surface area (Å²) >= 11 is 5.56. The number of rotatable bonds is 13. The Morgan fingerprint density at radius 1 is 0.558 bits per heavy atom. The maximum absolute atomic E-state index is 12.6. The van der Waals surface area contributed by atoms with Crippen molar-refractivity contribution in [2.75, 3.05) is 13.2 Å². The van der Waals surface area contributed by atoms with Crippen molar-refractivity contribution < 1.29 is 80.9 Å². The van der Waals surface area contributed by atoms with E-state index in [1.54, 1.807) is 30.3 Å². The molecular weight excluding hydrogens is 714 g/mol. The molecule has 0 aromatic heterocycles. The van der Waals surface area contributed by atoms with Crippen molar-refractivity contribution >= 4 is 59.0 Å². The number of ether oxygens (including phenoxy) is 10. The highest BCUT2D eigenvalue weighted by atomic mass is 32.1. The molecule has 10 atom stereocenters. The first kappa shape index (κ1) is 41.7. The first-order valence-electron chi connectivity index (χ1n) is 15.9. The predicted molar refractivity (Wildman–Crippen MR) is 175 cm³/mol. The third-order valence-corrected chi connectivity index (χ3v) is 7.59. The fourth-order valence-electron chi connectivity index (χ4n) is 5.43. The van der Waals surface area contributed by atoms with Crippen LogP contribution in [0.5, 0.6) is 0 Å². The molecule has 0 saturated carbocycles. The number of carbonyl (C=O) groups excluding carboxylic acids is 7. The molecule has 2 heterocycles. The number of nitrogens with one attached hydrogen (secondary N) is 1. The van der Waals surface area contributed by atoms with E-state index < -0.39 is 116 Å². The molecular formula is C33H41NO17S. The molecule has 2 aliphatic rings. The molecule has 19 heteroatoms. The largest absolute Gasteiger partial charge is 0.463 e. The van der Waals surface area contributed by atoms with Gasteiger partial charge in [0.05, 0.1) is 0 Å². The van der Waals surface area contributed by atoms with Crippen molar-refractivity contribution in [1.82, 2.24) is 5.32 Å². The van der Waals surface area contributed by atoms with Crippen LogP contribution in [0, 0.1) is 0 Å². The van der Waals surface area contributed by atoms with Crippen LogP contribution in [0.1, 0.15) is 54.0 Å². The first-order chi connectivity index (χ1) is 24.5. The quantitative estimate of drug-likeness (QED) is 0.165. The van der Waals surface area contributed by atoms with Gasteiger partial charge in [0.2, 0.25) is 0 Å². The Hall–Kier alpha value is -4.72. The average molecular weight is 756 g/mol. The van der Waals surface area contributed by atoms with Crippen LogP contribution in [-0.2, 0) is 80.9 Å². The van der Waals surface area contributed by atoms with Crippen molar-refractivity contribution in [1.29, 1.82) is 0 Å². The lowest BCUT2D eigenvalue weighted by Gasteiger charge is -2.49. The van der Waals surface area contributed by atoms with Gasteiger partial charge in [0.25, 0.3) is 0 Å². The maximum Gasteiger partial charge on any atom is 0.303 e. The molecule has 3 rings (SSSR count). The van der Waals surface area contributed by atoms with Crippen LogP contribution in [0.3, 0.4) is 0 Å². The summed E-state index contributed by atoms with van der Waals surface area (Å²) in [5.74, 6) is -5.83. The van der Waals surface area contributed by atoms with E-state index in [1.807, 2.05) is 0 Å². The summed E-state index contributed by atoms with van der Waals surface area (Å²) in [6.45, 7) is 6.43. The van der Waals surface area contributed by atoms with Gasteiger partial charge in [-0.3, -0.25) is 33.6 Å². The molecule has 1 aromatic carbocycles. The van der Waals surface area contributed by atoms with Gasteiger partial charge in [-0.05, 0) is 0 Å². The summed E-state index contributed by atoms with van der Waals surface area (Å²) in [5, 5.41) is 2.95. The molecule has 0 spiro atoms. The lowest BCUT2D eigenvalue weighted by molar-refractivity contribution is -0.345. The van der Waals surface area contributed by atoms with E-state index in [9.17, 15) is 33.6 Å². The van der Waals surface area contributed by atoms with E-state index in [0.717, 1.165) is 48.5 Å². The van der Waals surface area contributed by atoms with Gasteiger partial charge < -0.3 is 52.7 Å². The van der Waals surface area contributed by atoms with Gasteiger partial charge in [-0.15, -0.1) is 0 Å². The Bertz CT molecular complexity index is 1490. The van der Waals surface area contributed by atoms with Crippen LogP contribution in [-0.4, -0.2) is 121 Å². The lowest BCUT2D eigenvalue weighted by Crippen LogP contribution is -2.68. The zero-order valence-corrected chi connectivity index (χ0v) is 30.2. The minimum Gasteiger partial charge on any atom is -0.463 e. The molecule has 1 N–H and O–H groups in total. The van der Waals surface area contributed by atoms with Gasteiger partial charge in [0.1, 0.15) is 36.5 Å². The standard InChI is InChI=1S/C33H41NO17S/c1-15(35)42-13-23-26(27(45-18(4)38)29(47-20(6)40)31(49-23)34-32(52)22-11-9-8-10-12-22)51-33-30(48-21(7)41)28(46-19(5)39)25(44-17(3)37)24(50-33)14-43-16(2)36/h8-12,23-31,33H,13-14H2,1-7H3,(H,34,52)/t23-,24-,25-,26-,27+,28+,29-,30-,31-,33-/m1/s1. The van der Waals surface area contributed by atoms with Crippen molar-refractivity contribution in [3.63, 3.8) is 0 Å². The van der Waals surface area contributed by atoms with E-state index >= 15 is 0 Å². The summed E-state index contributed by atoms with van der Waals surface area (Å²) in [4.78, 5) is 85.9. The number of carbonyl (C=O) groups is 7. The summed E-state index contributed by atoms with van der Waals surface area (Å²) in [6.07, 6.45) is -15.3. The second-order valence-corrected chi connectivity index (χ2v) is 12.0. The van der Waals surface area contributed by atoms with Crippen LogP contribution in [0.15, 0.2) is 30.3 Å². The van der Waals surface area contributed by atoms with Crippen LogP contribution >= 0.6 is 12.2 Å². The normalized spacial score (nSPS) is 28.2. The minimum absolute atomic E-state index is 0.148. The highest BCUT2D eigenvalue weighted by Gasteiger charge is 2.57. The smallest absolute Gasteiger partial charge is 0.303 e. The fourth-order valence-corrected chi connectivity index (χ4v) is 5.68. The summed E-state index contributed by atoms with van der Waals surface area (Å²) in [5.41, 5.74) is 0.555. The van der Waals surface area contributed by atoms with Gasteiger partial charge in [0.15, 0.2) is 43.0 Å². The maximum atomic E-state index is 12.6. The molecule has 2 aliphatic heterocycles. The Kier molecular flexibility index (Phi) is 15.4. The lowest BCUT2D eigenvalue weighted by atomic mass is 9.95. The Morgan fingerprint density at radius 2 is 0.981 bits per heavy atom. The minimum atomic E-state index is -1.79. The molecule has 18 nitrogen and oxygen atoms in total. The molecule has 2 fully saturated rings. The van der Waals surface area contributed by atoms with E-state index in [1.165, 1.54) is 0 Å².